The van der Waals surface area contributed by atoms with E-state index in [0.717, 1.165) is 12.8 Å². The van der Waals surface area contributed by atoms with Gasteiger partial charge in [0, 0.05) is 5.92 Å². The molecule has 1 amide bonds. The summed E-state index contributed by atoms with van der Waals surface area (Å²) in [5, 5.41) is 0. The summed E-state index contributed by atoms with van der Waals surface area (Å²) >= 11 is 0. The van der Waals surface area contributed by atoms with Crippen LogP contribution in [0, 0.1) is 11.8 Å². The predicted octanol–water partition coefficient (Wildman–Crippen LogP) is 1.35. The van der Waals surface area contributed by atoms with Gasteiger partial charge in [-0.05, 0) is 24.3 Å². The number of nitrogens with two attached hydrogens (primary N) is 1. The van der Waals surface area contributed by atoms with Crippen molar-refractivity contribution in [3.8, 4) is 0 Å². The summed E-state index contributed by atoms with van der Waals surface area (Å²) in [7, 11) is 0. The fourth-order valence-electron chi connectivity index (χ4n) is 1.74. The third-order valence-corrected chi connectivity index (χ3v) is 2.63. The normalized spacial score (nSPS) is 25.5. The quantitative estimate of drug-likeness (QED) is 0.740. The molecule has 0 heterocycles. The summed E-state index contributed by atoms with van der Waals surface area (Å²) < 4.78 is 0. The first-order valence-corrected chi connectivity index (χ1v) is 4.60. The highest BCUT2D eigenvalue weighted by Crippen LogP contribution is 2.40. The molecule has 2 atom stereocenters. The van der Waals surface area contributed by atoms with E-state index in [9.17, 15) is 4.79 Å². The molecular formula is C11H13NO. The molecule has 0 aliphatic heterocycles. The zero-order chi connectivity index (χ0) is 9.26. The van der Waals surface area contributed by atoms with Crippen molar-refractivity contribution in [2.24, 2.45) is 17.6 Å². The van der Waals surface area contributed by atoms with E-state index in [1.807, 2.05) is 18.2 Å². The molecule has 2 unspecified atom stereocenters. The fraction of sp³-hybridized carbons (Fsp3) is 0.364. The van der Waals surface area contributed by atoms with Crippen LogP contribution in [0.5, 0.6) is 0 Å². The number of carbonyl (C=O) groups is 1. The molecular weight excluding hydrogens is 162 g/mol. The fourth-order valence-corrected chi connectivity index (χ4v) is 1.74. The number of hydrogen-bond acceptors (Lipinski definition) is 1. The molecule has 2 N–H and O–H groups in total. The molecule has 1 aromatic carbocycles. The second kappa shape index (κ2) is 3.21. The van der Waals surface area contributed by atoms with E-state index >= 15 is 0 Å². The highest BCUT2D eigenvalue weighted by Gasteiger charge is 2.41. The van der Waals surface area contributed by atoms with Crippen LogP contribution in [0.4, 0.5) is 0 Å². The van der Waals surface area contributed by atoms with E-state index in [0.29, 0.717) is 5.92 Å². The van der Waals surface area contributed by atoms with Crippen LogP contribution < -0.4 is 5.73 Å². The van der Waals surface area contributed by atoms with Gasteiger partial charge in [-0.2, -0.15) is 0 Å². The Morgan fingerprint density at radius 2 is 2.08 bits per heavy atom. The lowest BCUT2D eigenvalue weighted by molar-refractivity contribution is -0.119. The molecule has 1 aromatic rings. The molecule has 1 aliphatic carbocycles. The van der Waals surface area contributed by atoms with Crippen LogP contribution in [-0.4, -0.2) is 5.91 Å². The first-order chi connectivity index (χ1) is 6.27. The topological polar surface area (TPSA) is 43.1 Å². The van der Waals surface area contributed by atoms with Gasteiger partial charge in [-0.3, -0.25) is 4.79 Å². The third kappa shape index (κ3) is 1.89. The summed E-state index contributed by atoms with van der Waals surface area (Å²) in [5.41, 5.74) is 6.50. The van der Waals surface area contributed by atoms with Crippen LogP contribution in [0.1, 0.15) is 12.0 Å². The second-order valence-corrected chi connectivity index (χ2v) is 3.69. The molecule has 1 saturated carbocycles. The number of hydrogen-bond donors (Lipinski definition) is 1. The van der Waals surface area contributed by atoms with Gasteiger partial charge in [0.2, 0.25) is 5.91 Å². The average Bonchev–Trinajstić information content (AvgIpc) is 2.86. The lowest BCUT2D eigenvalue weighted by Crippen LogP contribution is -2.14. The maximum Gasteiger partial charge on any atom is 0.220 e. The first-order valence-electron chi connectivity index (χ1n) is 4.60. The number of benzene rings is 1. The average molecular weight is 175 g/mol. The van der Waals surface area contributed by atoms with E-state index in [2.05, 4.69) is 12.1 Å². The van der Waals surface area contributed by atoms with Gasteiger partial charge in [-0.15, -0.1) is 0 Å². The molecule has 2 rings (SSSR count). The minimum atomic E-state index is -0.138. The summed E-state index contributed by atoms with van der Waals surface area (Å²) in [4.78, 5) is 10.8. The van der Waals surface area contributed by atoms with Crippen LogP contribution in [0.25, 0.3) is 0 Å². The van der Waals surface area contributed by atoms with Crippen molar-refractivity contribution in [1.82, 2.24) is 0 Å². The number of carbonyl (C=O) groups excluding carboxylic acids is 1. The summed E-state index contributed by atoms with van der Waals surface area (Å²) in [6, 6.07) is 10.2. The van der Waals surface area contributed by atoms with Gasteiger partial charge in [0.15, 0.2) is 0 Å². The molecule has 0 saturated heterocycles. The molecule has 0 radical (unpaired) electrons. The van der Waals surface area contributed by atoms with E-state index in [1.54, 1.807) is 0 Å². The van der Waals surface area contributed by atoms with Gasteiger partial charge < -0.3 is 5.73 Å². The number of rotatable bonds is 3. The van der Waals surface area contributed by atoms with E-state index in [1.165, 1.54) is 5.56 Å². The highest BCUT2D eigenvalue weighted by molar-refractivity contribution is 5.79. The molecule has 1 aliphatic rings. The van der Waals surface area contributed by atoms with Crippen LogP contribution >= 0.6 is 0 Å². The second-order valence-electron chi connectivity index (χ2n) is 3.69. The van der Waals surface area contributed by atoms with E-state index < -0.39 is 0 Å². The minimum absolute atomic E-state index is 0.138. The van der Waals surface area contributed by atoms with Crippen LogP contribution in [0.3, 0.4) is 0 Å². The van der Waals surface area contributed by atoms with Gasteiger partial charge >= 0.3 is 0 Å². The first kappa shape index (κ1) is 8.30. The smallest absolute Gasteiger partial charge is 0.220 e. The van der Waals surface area contributed by atoms with Crippen molar-refractivity contribution >= 4 is 5.91 Å². The summed E-state index contributed by atoms with van der Waals surface area (Å²) in [6.45, 7) is 0. The van der Waals surface area contributed by atoms with Crippen molar-refractivity contribution in [2.75, 3.05) is 0 Å². The minimum Gasteiger partial charge on any atom is -0.369 e. The van der Waals surface area contributed by atoms with Crippen LogP contribution in [0.15, 0.2) is 30.3 Å². The molecule has 2 heteroatoms. The number of primary amides is 1. The van der Waals surface area contributed by atoms with Crippen LogP contribution in [0.2, 0.25) is 0 Å². The van der Waals surface area contributed by atoms with Gasteiger partial charge in [-0.25, -0.2) is 0 Å². The summed E-state index contributed by atoms with van der Waals surface area (Å²) in [5.74, 6) is 0.501. The molecule has 0 aromatic heterocycles. The molecule has 13 heavy (non-hydrogen) atoms. The zero-order valence-electron chi connectivity index (χ0n) is 7.44. The maximum absolute atomic E-state index is 10.8. The SMILES string of the molecule is NC(=O)C1CC1Cc1ccccc1. The molecule has 68 valence electrons. The van der Waals surface area contributed by atoms with Crippen LogP contribution in [-0.2, 0) is 11.2 Å². The maximum atomic E-state index is 10.8. The molecule has 0 bridgehead atoms. The zero-order valence-corrected chi connectivity index (χ0v) is 7.44. The van der Waals surface area contributed by atoms with Crippen molar-refractivity contribution in [2.45, 2.75) is 12.8 Å². The largest absolute Gasteiger partial charge is 0.369 e. The Hall–Kier alpha value is -1.31. The molecule has 2 nitrogen and oxygen atoms in total. The van der Waals surface area contributed by atoms with Crippen molar-refractivity contribution < 1.29 is 4.79 Å². The lowest BCUT2D eigenvalue weighted by atomic mass is 10.1. The van der Waals surface area contributed by atoms with Crippen molar-refractivity contribution in [1.29, 1.82) is 0 Å². The monoisotopic (exact) mass is 175 g/mol. The van der Waals surface area contributed by atoms with Gasteiger partial charge in [0.05, 0.1) is 0 Å². The Morgan fingerprint density at radius 1 is 1.38 bits per heavy atom. The highest BCUT2D eigenvalue weighted by atomic mass is 16.1. The predicted molar refractivity (Wildman–Crippen MR) is 50.9 cm³/mol. The lowest BCUT2D eigenvalue weighted by Gasteiger charge is -1.97. The molecule has 0 spiro atoms. The Morgan fingerprint density at radius 3 is 2.62 bits per heavy atom. The van der Waals surface area contributed by atoms with Crippen molar-refractivity contribution in [3.05, 3.63) is 35.9 Å². The third-order valence-electron chi connectivity index (χ3n) is 2.63. The van der Waals surface area contributed by atoms with E-state index in [4.69, 9.17) is 5.73 Å². The van der Waals surface area contributed by atoms with E-state index in [-0.39, 0.29) is 11.8 Å². The molecule has 1 fully saturated rings. The Labute approximate surface area is 77.8 Å². The standard InChI is InChI=1S/C11H13NO/c12-11(13)10-7-9(10)6-8-4-2-1-3-5-8/h1-5,9-10H,6-7H2,(H2,12,13). The van der Waals surface area contributed by atoms with Crippen molar-refractivity contribution in [3.63, 3.8) is 0 Å². The Kier molecular flexibility index (Phi) is 2.05. The summed E-state index contributed by atoms with van der Waals surface area (Å²) in [6.07, 6.45) is 1.97. The van der Waals surface area contributed by atoms with Gasteiger partial charge in [0.25, 0.3) is 0 Å². The Balaban J connectivity index is 1.92. The van der Waals surface area contributed by atoms with Gasteiger partial charge in [0.1, 0.15) is 0 Å². The number of amides is 1. The van der Waals surface area contributed by atoms with Gasteiger partial charge in [-0.1, -0.05) is 30.3 Å². The Bertz CT molecular complexity index is 307.